The van der Waals surface area contributed by atoms with Crippen molar-refractivity contribution in [3.63, 3.8) is 0 Å². The number of carbonyl (C=O) groups excluding carboxylic acids is 2. The van der Waals surface area contributed by atoms with Crippen LogP contribution in [-0.2, 0) is 9.53 Å². The van der Waals surface area contributed by atoms with Crippen LogP contribution in [-0.4, -0.2) is 61.1 Å². The van der Waals surface area contributed by atoms with Gasteiger partial charge in [-0.2, -0.15) is 0 Å². The minimum atomic E-state index is -0.395. The number of halogens is 1. The van der Waals surface area contributed by atoms with Crippen LogP contribution in [0.2, 0.25) is 0 Å². The first kappa shape index (κ1) is 19.0. The fraction of sp³-hybridized carbons (Fsp3) is 0.533. The van der Waals surface area contributed by atoms with Crippen molar-refractivity contribution in [2.75, 3.05) is 39.4 Å². The fourth-order valence-electron chi connectivity index (χ4n) is 2.23. The zero-order valence-electron chi connectivity index (χ0n) is 13.5. The normalized spacial score (nSPS) is 16.0. The summed E-state index contributed by atoms with van der Waals surface area (Å²) < 4.78 is 5.93. The third-order valence-corrected chi connectivity index (χ3v) is 4.90. The van der Waals surface area contributed by atoms with E-state index in [-0.39, 0.29) is 17.3 Å². The highest BCUT2D eigenvalue weighted by atomic mass is 79.9. The molecule has 24 heavy (non-hydrogen) atoms. The van der Waals surface area contributed by atoms with Crippen molar-refractivity contribution in [2.45, 2.75) is 13.3 Å². The zero-order chi connectivity index (χ0) is 17.4. The molecule has 1 fully saturated rings. The molecule has 0 saturated carbocycles. The van der Waals surface area contributed by atoms with Gasteiger partial charge >= 0.3 is 0 Å². The largest absolute Gasteiger partial charge is 0.379 e. The maximum atomic E-state index is 12.1. The second-order valence-electron chi connectivity index (χ2n) is 5.21. The maximum Gasteiger partial charge on any atom is 0.275 e. The summed E-state index contributed by atoms with van der Waals surface area (Å²) in [5.74, 6) is -0.685. The quantitative estimate of drug-likeness (QED) is 0.518. The highest BCUT2D eigenvalue weighted by Gasteiger charge is 2.16. The van der Waals surface area contributed by atoms with Crippen LogP contribution in [0.25, 0.3) is 0 Å². The van der Waals surface area contributed by atoms with Gasteiger partial charge in [-0.1, -0.05) is 6.08 Å². The van der Waals surface area contributed by atoms with Crippen LogP contribution >= 0.6 is 27.3 Å². The molecule has 7 nitrogen and oxygen atoms in total. The van der Waals surface area contributed by atoms with E-state index < -0.39 is 5.91 Å². The fourth-order valence-corrected chi connectivity index (χ4v) is 3.22. The Labute approximate surface area is 153 Å². The summed E-state index contributed by atoms with van der Waals surface area (Å²) in [7, 11) is 0. The Morgan fingerprint density at radius 3 is 2.83 bits per heavy atom. The van der Waals surface area contributed by atoms with Crippen LogP contribution in [0.15, 0.2) is 21.1 Å². The van der Waals surface area contributed by atoms with E-state index in [0.29, 0.717) is 10.5 Å². The number of hydrogen-bond donors (Lipinski definition) is 2. The molecule has 0 atom stereocenters. The molecule has 0 unspecified atom stereocenters. The molecule has 0 aromatic carbocycles. The summed E-state index contributed by atoms with van der Waals surface area (Å²) in [6.45, 7) is 6.61. The van der Waals surface area contributed by atoms with Crippen LogP contribution in [0.4, 0.5) is 0 Å². The molecule has 1 aliphatic heterocycles. The van der Waals surface area contributed by atoms with Crippen molar-refractivity contribution in [3.8, 4) is 0 Å². The minimum absolute atomic E-state index is 0.232. The van der Waals surface area contributed by atoms with Gasteiger partial charge in [0, 0.05) is 25.0 Å². The Bertz CT molecular complexity index is 599. The molecule has 1 aliphatic rings. The Hall–Kier alpha value is -1.29. The number of aromatic nitrogens is 1. The summed E-state index contributed by atoms with van der Waals surface area (Å²) in [5, 5.41) is 7.05. The van der Waals surface area contributed by atoms with E-state index >= 15 is 0 Å². The lowest BCUT2D eigenvalue weighted by molar-refractivity contribution is -0.117. The van der Waals surface area contributed by atoms with Crippen molar-refractivity contribution in [1.29, 1.82) is 0 Å². The van der Waals surface area contributed by atoms with Crippen LogP contribution in [0.3, 0.4) is 0 Å². The molecule has 2 rings (SSSR count). The summed E-state index contributed by atoms with van der Waals surface area (Å²) in [6, 6.07) is 0. The number of nitrogens with zero attached hydrogens (tertiary/aromatic N) is 2. The maximum absolute atomic E-state index is 12.1. The van der Waals surface area contributed by atoms with E-state index in [9.17, 15) is 9.59 Å². The van der Waals surface area contributed by atoms with Gasteiger partial charge in [-0.3, -0.25) is 14.5 Å². The molecule has 0 radical (unpaired) electrons. The SMILES string of the molecule is C/C=C(\NC(=O)c1csc(Br)n1)C(=O)NCCCN1CCOCC1. The predicted octanol–water partition coefficient (Wildman–Crippen LogP) is 1.38. The summed E-state index contributed by atoms with van der Waals surface area (Å²) in [6.07, 6.45) is 2.44. The molecular formula is C15H21BrN4O3S. The van der Waals surface area contributed by atoms with Crippen LogP contribution in [0.5, 0.6) is 0 Å². The molecule has 2 N–H and O–H groups in total. The first-order valence-corrected chi connectivity index (χ1v) is 9.44. The summed E-state index contributed by atoms with van der Waals surface area (Å²) in [4.78, 5) is 30.5. The third kappa shape index (κ3) is 5.97. The lowest BCUT2D eigenvalue weighted by Crippen LogP contribution is -2.39. The number of allylic oxidation sites excluding steroid dienone is 1. The third-order valence-electron chi connectivity index (χ3n) is 3.53. The van der Waals surface area contributed by atoms with Gasteiger partial charge in [-0.25, -0.2) is 4.98 Å². The average molecular weight is 417 g/mol. The highest BCUT2D eigenvalue weighted by Crippen LogP contribution is 2.15. The Balaban J connectivity index is 1.72. The van der Waals surface area contributed by atoms with Crippen LogP contribution in [0, 0.1) is 0 Å². The summed E-state index contributed by atoms with van der Waals surface area (Å²) in [5.41, 5.74) is 0.516. The molecule has 1 saturated heterocycles. The molecule has 2 amide bonds. The number of morpholine rings is 1. The first-order chi connectivity index (χ1) is 11.6. The van der Waals surface area contributed by atoms with E-state index in [0.717, 1.165) is 39.3 Å². The molecule has 2 heterocycles. The van der Waals surface area contributed by atoms with E-state index in [1.54, 1.807) is 18.4 Å². The minimum Gasteiger partial charge on any atom is -0.379 e. The average Bonchev–Trinajstić information content (AvgIpc) is 3.03. The van der Waals surface area contributed by atoms with Crippen LogP contribution < -0.4 is 10.6 Å². The van der Waals surface area contributed by atoms with Crippen molar-refractivity contribution in [1.82, 2.24) is 20.5 Å². The number of amides is 2. The monoisotopic (exact) mass is 416 g/mol. The van der Waals surface area contributed by atoms with Crippen LogP contribution in [0.1, 0.15) is 23.8 Å². The molecule has 1 aromatic rings. The van der Waals surface area contributed by atoms with Gasteiger partial charge in [0.05, 0.1) is 13.2 Å². The smallest absolute Gasteiger partial charge is 0.275 e. The van der Waals surface area contributed by atoms with Crippen molar-refractivity contribution in [3.05, 3.63) is 26.8 Å². The molecule has 0 bridgehead atoms. The Kier molecular flexibility index (Phi) is 7.83. The Morgan fingerprint density at radius 1 is 1.46 bits per heavy atom. The van der Waals surface area contributed by atoms with Gasteiger partial charge in [-0.15, -0.1) is 11.3 Å². The lowest BCUT2D eigenvalue weighted by atomic mass is 10.3. The molecule has 0 spiro atoms. The molecule has 9 heteroatoms. The number of nitrogens with one attached hydrogen (secondary N) is 2. The first-order valence-electron chi connectivity index (χ1n) is 7.77. The lowest BCUT2D eigenvalue weighted by Gasteiger charge is -2.26. The van der Waals surface area contributed by atoms with Gasteiger partial charge in [0.1, 0.15) is 11.4 Å². The molecule has 0 aliphatic carbocycles. The number of hydrogen-bond acceptors (Lipinski definition) is 6. The van der Waals surface area contributed by atoms with Gasteiger partial charge in [0.2, 0.25) is 0 Å². The number of carbonyl (C=O) groups is 2. The number of thiazole rings is 1. The molecule has 1 aromatic heterocycles. The predicted molar refractivity (Wildman–Crippen MR) is 95.9 cm³/mol. The van der Waals surface area contributed by atoms with Gasteiger partial charge in [0.25, 0.3) is 11.8 Å². The molecule has 132 valence electrons. The Morgan fingerprint density at radius 2 is 2.21 bits per heavy atom. The standard InChI is InChI=1S/C15H21BrN4O3S/c1-2-11(18-14(22)12-10-24-15(16)19-12)13(21)17-4-3-5-20-6-8-23-9-7-20/h2,10H,3-9H2,1H3,(H,17,21)(H,18,22)/b11-2-. The van der Waals surface area contributed by atoms with Crippen molar-refractivity contribution < 1.29 is 14.3 Å². The number of ether oxygens (including phenoxy) is 1. The zero-order valence-corrected chi connectivity index (χ0v) is 15.9. The molecular weight excluding hydrogens is 396 g/mol. The second kappa shape index (κ2) is 9.87. The van der Waals surface area contributed by atoms with E-state index in [4.69, 9.17) is 4.74 Å². The van der Waals surface area contributed by atoms with E-state index in [2.05, 4.69) is 36.4 Å². The second-order valence-corrected chi connectivity index (χ2v) is 7.34. The summed E-state index contributed by atoms with van der Waals surface area (Å²) >= 11 is 4.53. The van der Waals surface area contributed by atoms with Crippen molar-refractivity contribution in [2.24, 2.45) is 0 Å². The topological polar surface area (TPSA) is 83.6 Å². The van der Waals surface area contributed by atoms with Crippen molar-refractivity contribution >= 4 is 39.1 Å². The van der Waals surface area contributed by atoms with Gasteiger partial charge < -0.3 is 15.4 Å². The van der Waals surface area contributed by atoms with Gasteiger partial charge in [-0.05, 0) is 35.8 Å². The van der Waals surface area contributed by atoms with E-state index in [1.165, 1.54) is 11.3 Å². The number of rotatable bonds is 7. The van der Waals surface area contributed by atoms with E-state index in [1.807, 2.05) is 0 Å². The highest BCUT2D eigenvalue weighted by molar-refractivity contribution is 9.11. The van der Waals surface area contributed by atoms with Gasteiger partial charge in [0.15, 0.2) is 3.92 Å².